The van der Waals surface area contributed by atoms with E-state index in [4.69, 9.17) is 0 Å². The third-order valence-corrected chi connectivity index (χ3v) is 6.15. The Kier molecular flexibility index (Phi) is 6.66. The lowest BCUT2D eigenvalue weighted by Crippen LogP contribution is -2.23. The third-order valence-electron chi connectivity index (χ3n) is 5.18. The normalized spacial score (nSPS) is 13.6. The van der Waals surface area contributed by atoms with E-state index in [2.05, 4.69) is 32.2 Å². The molecule has 1 aliphatic rings. The van der Waals surface area contributed by atoms with Crippen molar-refractivity contribution in [2.75, 3.05) is 22.5 Å². The van der Waals surface area contributed by atoms with Gasteiger partial charge in [0.05, 0.1) is 6.54 Å². The van der Waals surface area contributed by atoms with Crippen molar-refractivity contribution >= 4 is 35.0 Å². The molecule has 0 bridgehead atoms. The summed E-state index contributed by atoms with van der Waals surface area (Å²) in [6, 6.07) is 17.6. The van der Waals surface area contributed by atoms with E-state index in [9.17, 15) is 9.59 Å². The quantitative estimate of drug-likeness (QED) is 0.543. The molecule has 0 unspecified atom stereocenters. The molecule has 7 nitrogen and oxygen atoms in total. The number of nitrogens with one attached hydrogen (secondary N) is 1. The summed E-state index contributed by atoms with van der Waals surface area (Å²) in [5.41, 5.74) is 2.79. The van der Waals surface area contributed by atoms with Gasteiger partial charge in [0.1, 0.15) is 5.82 Å². The largest absolute Gasteiger partial charge is 0.326 e. The SMILES string of the molecule is Cc1nnc(SCCC(=O)Nc2ccc(N3CCCC3=O)cc2)n1Cc1ccccc1. The topological polar surface area (TPSA) is 80.1 Å². The van der Waals surface area contributed by atoms with E-state index < -0.39 is 0 Å². The lowest BCUT2D eigenvalue weighted by molar-refractivity contribution is -0.117. The molecule has 8 heteroatoms. The second kappa shape index (κ2) is 9.78. The number of carbonyl (C=O) groups is 2. The smallest absolute Gasteiger partial charge is 0.227 e. The van der Waals surface area contributed by atoms with Crippen LogP contribution < -0.4 is 10.2 Å². The Morgan fingerprint density at radius 2 is 1.87 bits per heavy atom. The zero-order valence-electron chi connectivity index (χ0n) is 17.5. The van der Waals surface area contributed by atoms with E-state index >= 15 is 0 Å². The maximum atomic E-state index is 12.3. The molecular formula is C23H25N5O2S. The van der Waals surface area contributed by atoms with Crippen molar-refractivity contribution in [3.63, 3.8) is 0 Å². The number of carbonyl (C=O) groups excluding carboxylic acids is 2. The first-order chi connectivity index (χ1) is 15.1. The van der Waals surface area contributed by atoms with Crippen LogP contribution >= 0.6 is 11.8 Å². The third kappa shape index (κ3) is 5.32. The van der Waals surface area contributed by atoms with Gasteiger partial charge in [-0.1, -0.05) is 42.1 Å². The predicted octanol–water partition coefficient (Wildman–Crippen LogP) is 3.88. The molecule has 2 heterocycles. The molecule has 1 N–H and O–H groups in total. The fraction of sp³-hybridized carbons (Fsp3) is 0.304. The highest BCUT2D eigenvalue weighted by Crippen LogP contribution is 2.23. The highest BCUT2D eigenvalue weighted by Gasteiger charge is 2.21. The Labute approximate surface area is 185 Å². The van der Waals surface area contributed by atoms with E-state index in [1.165, 1.54) is 17.3 Å². The minimum atomic E-state index is -0.0525. The first-order valence-corrected chi connectivity index (χ1v) is 11.4. The number of hydrogen-bond acceptors (Lipinski definition) is 5. The summed E-state index contributed by atoms with van der Waals surface area (Å²) >= 11 is 1.53. The number of hydrogen-bond donors (Lipinski definition) is 1. The Morgan fingerprint density at radius 3 is 2.58 bits per heavy atom. The summed E-state index contributed by atoms with van der Waals surface area (Å²) in [7, 11) is 0. The molecule has 4 rings (SSSR count). The standard InChI is InChI=1S/C23H25N5O2S/c1-17-25-26-23(28(17)16-18-6-3-2-4-7-18)31-15-13-21(29)24-19-9-11-20(12-10-19)27-14-5-8-22(27)30/h2-4,6-7,9-12H,5,8,13-16H2,1H3,(H,24,29). The molecule has 31 heavy (non-hydrogen) atoms. The average molecular weight is 436 g/mol. The summed E-state index contributed by atoms with van der Waals surface area (Å²) in [4.78, 5) is 26.0. The van der Waals surface area contributed by atoms with E-state index in [0.717, 1.165) is 35.3 Å². The van der Waals surface area contributed by atoms with Gasteiger partial charge in [-0.15, -0.1) is 10.2 Å². The van der Waals surface area contributed by atoms with Gasteiger partial charge >= 0.3 is 0 Å². The molecule has 1 aromatic heterocycles. The molecule has 1 fully saturated rings. The fourth-order valence-corrected chi connectivity index (χ4v) is 4.44. The zero-order valence-corrected chi connectivity index (χ0v) is 18.3. The van der Waals surface area contributed by atoms with Crippen LogP contribution in [0.4, 0.5) is 11.4 Å². The van der Waals surface area contributed by atoms with Gasteiger partial charge in [-0.25, -0.2) is 0 Å². The molecule has 1 aliphatic heterocycles. The van der Waals surface area contributed by atoms with Crippen LogP contribution in [0.1, 0.15) is 30.7 Å². The van der Waals surface area contributed by atoms with Crippen molar-refractivity contribution in [2.45, 2.75) is 37.9 Å². The van der Waals surface area contributed by atoms with Crippen LogP contribution in [-0.2, 0) is 16.1 Å². The van der Waals surface area contributed by atoms with E-state index in [-0.39, 0.29) is 11.8 Å². The summed E-state index contributed by atoms with van der Waals surface area (Å²) in [5.74, 6) is 1.57. The van der Waals surface area contributed by atoms with Gasteiger partial charge in [-0.2, -0.15) is 0 Å². The van der Waals surface area contributed by atoms with Crippen LogP contribution in [-0.4, -0.2) is 38.9 Å². The molecule has 3 aromatic rings. The number of rotatable bonds is 8. The number of anilines is 2. The minimum Gasteiger partial charge on any atom is -0.326 e. The van der Waals surface area contributed by atoms with Crippen molar-refractivity contribution in [3.05, 3.63) is 66.0 Å². The van der Waals surface area contributed by atoms with Crippen LogP contribution in [0.15, 0.2) is 59.8 Å². The molecule has 2 aromatic carbocycles. The van der Waals surface area contributed by atoms with Crippen LogP contribution in [0.2, 0.25) is 0 Å². The van der Waals surface area contributed by atoms with E-state index in [1.54, 1.807) is 4.90 Å². The second-order valence-electron chi connectivity index (χ2n) is 7.44. The summed E-state index contributed by atoms with van der Waals surface area (Å²) in [5, 5.41) is 12.2. The monoisotopic (exact) mass is 435 g/mol. The van der Waals surface area contributed by atoms with Gasteiger partial charge in [0.15, 0.2) is 5.16 Å². The molecular weight excluding hydrogens is 410 g/mol. The highest BCUT2D eigenvalue weighted by molar-refractivity contribution is 7.99. The van der Waals surface area contributed by atoms with Gasteiger partial charge in [-0.05, 0) is 43.2 Å². The molecule has 0 saturated carbocycles. The van der Waals surface area contributed by atoms with Crippen LogP contribution in [0, 0.1) is 6.92 Å². The average Bonchev–Trinajstić information content (AvgIpc) is 3.35. The highest BCUT2D eigenvalue weighted by atomic mass is 32.2. The van der Waals surface area contributed by atoms with Crippen molar-refractivity contribution < 1.29 is 9.59 Å². The lowest BCUT2D eigenvalue weighted by atomic mass is 10.2. The number of nitrogens with zero attached hydrogens (tertiary/aromatic N) is 4. The lowest BCUT2D eigenvalue weighted by Gasteiger charge is -2.16. The van der Waals surface area contributed by atoms with E-state index in [1.807, 2.05) is 49.4 Å². The molecule has 0 spiro atoms. The number of benzene rings is 2. The van der Waals surface area contributed by atoms with Crippen molar-refractivity contribution in [1.29, 1.82) is 0 Å². The number of amides is 2. The molecule has 0 radical (unpaired) electrons. The van der Waals surface area contributed by atoms with Gasteiger partial charge < -0.3 is 14.8 Å². The Hall–Kier alpha value is -3.13. The summed E-state index contributed by atoms with van der Waals surface area (Å²) in [6.45, 7) is 3.41. The van der Waals surface area contributed by atoms with Gasteiger partial charge in [0.25, 0.3) is 0 Å². The first kappa shape index (κ1) is 21.1. The Balaban J connectivity index is 1.28. The summed E-state index contributed by atoms with van der Waals surface area (Å²) in [6.07, 6.45) is 1.87. The minimum absolute atomic E-state index is 0.0525. The Bertz CT molecular complexity index is 1050. The second-order valence-corrected chi connectivity index (χ2v) is 8.51. The molecule has 0 aliphatic carbocycles. The maximum Gasteiger partial charge on any atom is 0.227 e. The number of aromatic nitrogens is 3. The molecule has 0 atom stereocenters. The molecule has 2 amide bonds. The molecule has 160 valence electrons. The number of thioether (sulfide) groups is 1. The van der Waals surface area contributed by atoms with Crippen LogP contribution in [0.25, 0.3) is 0 Å². The first-order valence-electron chi connectivity index (χ1n) is 10.4. The van der Waals surface area contributed by atoms with Crippen LogP contribution in [0.3, 0.4) is 0 Å². The van der Waals surface area contributed by atoms with Gasteiger partial charge in [-0.3, -0.25) is 9.59 Å². The van der Waals surface area contributed by atoms with Crippen molar-refractivity contribution in [3.8, 4) is 0 Å². The van der Waals surface area contributed by atoms with Crippen molar-refractivity contribution in [1.82, 2.24) is 14.8 Å². The number of aryl methyl sites for hydroxylation is 1. The van der Waals surface area contributed by atoms with E-state index in [0.29, 0.717) is 25.1 Å². The fourth-order valence-electron chi connectivity index (χ4n) is 3.52. The molecule has 1 saturated heterocycles. The van der Waals surface area contributed by atoms with Gasteiger partial charge in [0, 0.05) is 36.5 Å². The summed E-state index contributed by atoms with van der Waals surface area (Å²) < 4.78 is 2.07. The predicted molar refractivity (Wildman–Crippen MR) is 122 cm³/mol. The van der Waals surface area contributed by atoms with Gasteiger partial charge in [0.2, 0.25) is 11.8 Å². The zero-order chi connectivity index (χ0) is 21.6. The maximum absolute atomic E-state index is 12.3. The van der Waals surface area contributed by atoms with Crippen molar-refractivity contribution in [2.24, 2.45) is 0 Å². The van der Waals surface area contributed by atoms with Crippen LogP contribution in [0.5, 0.6) is 0 Å². The Morgan fingerprint density at radius 1 is 1.10 bits per heavy atom.